The Kier molecular flexibility index (Phi) is 7.20. The van der Waals surface area contributed by atoms with Gasteiger partial charge in [-0.2, -0.15) is 0 Å². The predicted octanol–water partition coefficient (Wildman–Crippen LogP) is 12.7. The molecule has 8 aromatic rings. The van der Waals surface area contributed by atoms with Crippen LogP contribution in [0.3, 0.4) is 0 Å². The van der Waals surface area contributed by atoms with E-state index in [0.717, 1.165) is 29.8 Å². The molecule has 0 spiro atoms. The van der Waals surface area contributed by atoms with Crippen molar-refractivity contribution >= 4 is 38.3 Å². The van der Waals surface area contributed by atoms with Crippen LogP contribution in [-0.4, -0.2) is 6.10 Å². The molecule has 3 unspecified atom stereocenters. The Hall–Kier alpha value is -6.12. The van der Waals surface area contributed by atoms with Crippen molar-refractivity contribution < 1.29 is 9.15 Å². The fourth-order valence-electron chi connectivity index (χ4n) is 8.44. The highest BCUT2D eigenvalue weighted by molar-refractivity contribution is 6.06. The third-order valence-corrected chi connectivity index (χ3v) is 10.9. The molecular weight excluding hydrogens is 621 g/mol. The first-order valence-electron chi connectivity index (χ1n) is 18.0. The lowest BCUT2D eigenvalue weighted by molar-refractivity contribution is 0.270. The van der Waals surface area contributed by atoms with Gasteiger partial charge in [0.2, 0.25) is 0 Å². The third kappa shape index (κ3) is 5.18. The minimum Gasteiger partial charge on any atom is -0.485 e. The summed E-state index contributed by atoms with van der Waals surface area (Å²) in [6, 6.07) is 56.6. The summed E-state index contributed by atoms with van der Waals surface area (Å²) in [5.41, 5.74) is 12.0. The van der Waals surface area contributed by atoms with E-state index in [4.69, 9.17) is 9.15 Å². The molecule has 0 fully saturated rings. The van der Waals surface area contributed by atoms with Crippen LogP contribution in [0.15, 0.2) is 180 Å². The lowest BCUT2D eigenvalue weighted by Crippen LogP contribution is -2.17. The number of rotatable bonds is 7. The van der Waals surface area contributed by atoms with Gasteiger partial charge in [0.05, 0.1) is 0 Å². The van der Waals surface area contributed by atoms with E-state index in [2.05, 4.69) is 170 Å². The van der Waals surface area contributed by atoms with E-state index >= 15 is 0 Å². The average Bonchev–Trinajstić information content (AvgIpc) is 3.77. The maximum Gasteiger partial charge on any atom is 0.139 e. The maximum atomic E-state index is 6.72. The first-order chi connectivity index (χ1) is 25.3. The number of furan rings is 1. The average molecular weight is 657 g/mol. The molecule has 0 bridgehead atoms. The molecule has 0 saturated heterocycles. The molecule has 1 aliphatic heterocycles. The van der Waals surface area contributed by atoms with Gasteiger partial charge in [0, 0.05) is 33.7 Å². The Morgan fingerprint density at radius 2 is 1.29 bits per heavy atom. The molecule has 0 amide bonds. The summed E-state index contributed by atoms with van der Waals surface area (Å²) >= 11 is 0. The zero-order valence-corrected chi connectivity index (χ0v) is 28.2. The number of fused-ring (bicyclic) bond motifs is 8. The van der Waals surface area contributed by atoms with Crippen LogP contribution in [-0.2, 0) is 6.42 Å². The number of benzene rings is 7. The molecule has 2 nitrogen and oxygen atoms in total. The molecule has 3 atom stereocenters. The van der Waals surface area contributed by atoms with Crippen molar-refractivity contribution in [1.82, 2.24) is 0 Å². The molecule has 2 heteroatoms. The van der Waals surface area contributed by atoms with Crippen molar-refractivity contribution in [3.63, 3.8) is 0 Å². The lowest BCUT2D eigenvalue weighted by atomic mass is 9.83. The minimum absolute atomic E-state index is 0.0262. The molecule has 10 rings (SSSR count). The fourth-order valence-corrected chi connectivity index (χ4v) is 8.44. The largest absolute Gasteiger partial charge is 0.485 e. The first-order valence-corrected chi connectivity index (χ1v) is 18.0. The number of ether oxygens (including phenoxy) is 1. The Labute approximate surface area is 298 Å². The number of para-hydroxylation sites is 2. The van der Waals surface area contributed by atoms with Crippen LogP contribution in [0.1, 0.15) is 46.1 Å². The smallest absolute Gasteiger partial charge is 0.139 e. The van der Waals surface area contributed by atoms with E-state index in [0.29, 0.717) is 0 Å². The zero-order valence-electron chi connectivity index (χ0n) is 28.2. The number of hydrogen-bond acceptors (Lipinski definition) is 2. The van der Waals surface area contributed by atoms with E-state index in [1.807, 2.05) is 6.07 Å². The van der Waals surface area contributed by atoms with Gasteiger partial charge in [0.25, 0.3) is 0 Å². The molecule has 244 valence electrons. The Morgan fingerprint density at radius 3 is 2.12 bits per heavy atom. The fraction of sp³-hybridized carbons (Fsp3) is 0.102. The molecule has 0 radical (unpaired) electrons. The number of aryl methyl sites for hydroxylation is 1. The normalized spacial score (nSPS) is 16.9. The summed E-state index contributed by atoms with van der Waals surface area (Å²) in [5.74, 6) is 1.41. The molecule has 51 heavy (non-hydrogen) atoms. The van der Waals surface area contributed by atoms with Crippen molar-refractivity contribution in [3.8, 4) is 16.9 Å². The second kappa shape index (κ2) is 12.3. The van der Waals surface area contributed by atoms with Crippen LogP contribution >= 0.6 is 0 Å². The Balaban J connectivity index is 0.915. The second-order valence-electron chi connectivity index (χ2n) is 13.9. The van der Waals surface area contributed by atoms with Gasteiger partial charge in [-0.05, 0) is 75.2 Å². The summed E-state index contributed by atoms with van der Waals surface area (Å²) in [7, 11) is 0. The summed E-state index contributed by atoms with van der Waals surface area (Å²) in [6.07, 6.45) is 8.87. The molecule has 0 saturated carbocycles. The first kappa shape index (κ1) is 29.8. The molecule has 1 aliphatic carbocycles. The number of allylic oxidation sites excluding steroid dienone is 2. The molecule has 2 heterocycles. The standard InChI is InChI=1S/C49H36O2/c1-3-12-34(13-4-1)37(41-19-11-20-42-39-17-9-10-21-45(39)51-49(41)42)28-24-32-22-25-33(26-23-32)36-27-29-43-46(30-36)50-47-31-44(35-14-5-2-6-15-35)38-16-7-8-18-40(38)48(43)47/h1-23,25-27,29-31,37,43,46H,24,28H2. The SMILES string of the molecule is C1=CC2c3c(cc(-c4ccccc4)c4ccccc34)OC2C=C1c1ccc(CCC(c2ccccc2)c2cccc3c2oc2ccccc23)cc1. The van der Waals surface area contributed by atoms with E-state index in [1.165, 1.54) is 66.1 Å². The second-order valence-corrected chi connectivity index (χ2v) is 13.9. The monoisotopic (exact) mass is 656 g/mol. The van der Waals surface area contributed by atoms with Crippen LogP contribution < -0.4 is 4.74 Å². The van der Waals surface area contributed by atoms with Gasteiger partial charge in [0.1, 0.15) is 23.0 Å². The van der Waals surface area contributed by atoms with E-state index in [9.17, 15) is 0 Å². The van der Waals surface area contributed by atoms with Crippen LogP contribution in [0.5, 0.6) is 5.75 Å². The van der Waals surface area contributed by atoms with Crippen LogP contribution in [0, 0.1) is 0 Å². The quantitative estimate of drug-likeness (QED) is 0.170. The molecule has 7 aromatic carbocycles. The van der Waals surface area contributed by atoms with Crippen molar-refractivity contribution in [1.29, 1.82) is 0 Å². The van der Waals surface area contributed by atoms with Crippen LogP contribution in [0.2, 0.25) is 0 Å². The number of hydrogen-bond donors (Lipinski definition) is 0. The third-order valence-electron chi connectivity index (χ3n) is 10.9. The zero-order chi connectivity index (χ0) is 33.7. The van der Waals surface area contributed by atoms with Gasteiger partial charge in [-0.15, -0.1) is 0 Å². The van der Waals surface area contributed by atoms with Crippen LogP contribution in [0.4, 0.5) is 0 Å². The maximum absolute atomic E-state index is 6.72. The lowest BCUT2D eigenvalue weighted by Gasteiger charge is -2.20. The molecule has 0 N–H and O–H groups in total. The van der Waals surface area contributed by atoms with Crippen molar-refractivity contribution in [3.05, 3.63) is 204 Å². The Bertz CT molecular complexity index is 2610. The highest BCUT2D eigenvalue weighted by atomic mass is 16.5. The van der Waals surface area contributed by atoms with Gasteiger partial charge >= 0.3 is 0 Å². The molecule has 2 aliphatic rings. The van der Waals surface area contributed by atoms with Crippen molar-refractivity contribution in [2.75, 3.05) is 0 Å². The van der Waals surface area contributed by atoms with Gasteiger partial charge in [-0.3, -0.25) is 0 Å². The Morgan fingerprint density at radius 1 is 0.588 bits per heavy atom. The molecular formula is C49H36O2. The van der Waals surface area contributed by atoms with Crippen molar-refractivity contribution in [2.24, 2.45) is 0 Å². The molecule has 1 aromatic heterocycles. The predicted molar refractivity (Wildman–Crippen MR) is 210 cm³/mol. The van der Waals surface area contributed by atoms with Gasteiger partial charge in [-0.25, -0.2) is 0 Å². The van der Waals surface area contributed by atoms with Gasteiger partial charge in [0.15, 0.2) is 0 Å². The van der Waals surface area contributed by atoms with Crippen LogP contribution in [0.25, 0.3) is 49.4 Å². The van der Waals surface area contributed by atoms with E-state index in [1.54, 1.807) is 0 Å². The topological polar surface area (TPSA) is 22.4 Å². The van der Waals surface area contributed by atoms with Crippen molar-refractivity contribution in [2.45, 2.75) is 30.8 Å². The summed E-state index contributed by atoms with van der Waals surface area (Å²) < 4.78 is 13.2. The van der Waals surface area contributed by atoms with Gasteiger partial charge in [-0.1, -0.05) is 158 Å². The highest BCUT2D eigenvalue weighted by Gasteiger charge is 2.35. The van der Waals surface area contributed by atoms with Gasteiger partial charge < -0.3 is 9.15 Å². The summed E-state index contributed by atoms with van der Waals surface area (Å²) in [4.78, 5) is 0. The summed E-state index contributed by atoms with van der Waals surface area (Å²) in [5, 5.41) is 4.90. The highest BCUT2D eigenvalue weighted by Crippen LogP contribution is 2.49. The van der Waals surface area contributed by atoms with E-state index < -0.39 is 0 Å². The van der Waals surface area contributed by atoms with E-state index in [-0.39, 0.29) is 17.9 Å². The minimum atomic E-state index is -0.0262. The summed E-state index contributed by atoms with van der Waals surface area (Å²) in [6.45, 7) is 0.